The van der Waals surface area contributed by atoms with Crippen molar-refractivity contribution < 1.29 is 19.4 Å². The van der Waals surface area contributed by atoms with E-state index < -0.39 is 5.79 Å². The van der Waals surface area contributed by atoms with Crippen molar-refractivity contribution in [1.29, 1.82) is 0 Å². The monoisotopic (exact) mass is 428 g/mol. The number of ketones is 1. The van der Waals surface area contributed by atoms with E-state index in [4.69, 9.17) is 9.47 Å². The fourth-order valence-electron chi connectivity index (χ4n) is 9.32. The summed E-state index contributed by atoms with van der Waals surface area (Å²) in [7, 11) is 0. The van der Waals surface area contributed by atoms with Crippen LogP contribution in [0.15, 0.2) is 11.1 Å². The molecular formula is C27H40O4. The molecule has 10 unspecified atom stereocenters. The molecule has 2 saturated heterocycles. The van der Waals surface area contributed by atoms with E-state index in [1.54, 1.807) is 0 Å². The second-order valence-corrected chi connectivity index (χ2v) is 12.6. The van der Waals surface area contributed by atoms with Gasteiger partial charge in [-0.05, 0) is 79.4 Å². The van der Waals surface area contributed by atoms with Crippen molar-refractivity contribution in [3.05, 3.63) is 11.1 Å². The van der Waals surface area contributed by atoms with Gasteiger partial charge in [-0.1, -0.05) is 33.3 Å². The second kappa shape index (κ2) is 6.67. The lowest BCUT2D eigenvalue weighted by Gasteiger charge is -2.54. The Balaban J connectivity index is 1.35. The van der Waals surface area contributed by atoms with Crippen LogP contribution in [0, 0.1) is 40.4 Å². The number of hydrogen-bond donors (Lipinski definition) is 1. The molecular weight excluding hydrogens is 388 g/mol. The van der Waals surface area contributed by atoms with Gasteiger partial charge in [-0.2, -0.15) is 0 Å². The van der Waals surface area contributed by atoms with Gasteiger partial charge in [0.05, 0.1) is 18.8 Å². The Hall–Kier alpha value is -0.710. The lowest BCUT2D eigenvalue weighted by molar-refractivity contribution is -0.271. The molecule has 4 fully saturated rings. The van der Waals surface area contributed by atoms with Crippen LogP contribution in [0.4, 0.5) is 0 Å². The van der Waals surface area contributed by atoms with Gasteiger partial charge in [-0.3, -0.25) is 4.79 Å². The summed E-state index contributed by atoms with van der Waals surface area (Å²) < 4.78 is 13.2. The third kappa shape index (κ3) is 2.68. The highest BCUT2D eigenvalue weighted by molar-refractivity contribution is 5.99. The zero-order valence-corrected chi connectivity index (χ0v) is 19.8. The van der Waals surface area contributed by atoms with Crippen LogP contribution in [-0.4, -0.2) is 35.5 Å². The van der Waals surface area contributed by atoms with E-state index in [1.165, 1.54) is 17.6 Å². The first-order valence-electron chi connectivity index (χ1n) is 12.9. The molecule has 31 heavy (non-hydrogen) atoms. The standard InChI is InChI=1S/C27H40O4/c1-15-7-10-27(30-14-15)16(2)23-22(31-27)12-20-19-6-5-17-11-18(28)8-9-25(17,3)24(19)21(29)13-26(20,23)4/h15-18,20,22-23,28H,5-14H2,1-4H3. The number of hydrogen-bond acceptors (Lipinski definition) is 4. The van der Waals surface area contributed by atoms with Crippen molar-refractivity contribution in [2.24, 2.45) is 40.4 Å². The molecule has 0 aromatic heterocycles. The Bertz CT molecular complexity index is 823. The fourth-order valence-corrected chi connectivity index (χ4v) is 9.32. The van der Waals surface area contributed by atoms with Gasteiger partial charge in [0, 0.05) is 24.3 Å². The number of rotatable bonds is 0. The SMILES string of the molecule is CC1CCC2(OC1)OC1CC3C4=C(C(=O)CC3(C)C1C2C)C1(C)CCC(O)CC1CC4. The minimum atomic E-state index is -0.420. The normalized spacial score (nSPS) is 56.3. The quantitative estimate of drug-likeness (QED) is 0.587. The van der Waals surface area contributed by atoms with E-state index >= 15 is 0 Å². The molecule has 4 aliphatic carbocycles. The van der Waals surface area contributed by atoms with Crippen LogP contribution >= 0.6 is 0 Å². The molecule has 4 nitrogen and oxygen atoms in total. The third-order valence-corrected chi connectivity index (χ3v) is 11.0. The van der Waals surface area contributed by atoms with Crippen molar-refractivity contribution in [1.82, 2.24) is 0 Å². The van der Waals surface area contributed by atoms with E-state index in [9.17, 15) is 9.90 Å². The van der Waals surface area contributed by atoms with Crippen molar-refractivity contribution in [3.63, 3.8) is 0 Å². The molecule has 0 aromatic carbocycles. The largest absolute Gasteiger partial charge is 0.393 e. The molecule has 1 spiro atoms. The Morgan fingerprint density at radius 2 is 1.87 bits per heavy atom. The topological polar surface area (TPSA) is 55.8 Å². The molecule has 0 bridgehead atoms. The van der Waals surface area contributed by atoms with Crippen LogP contribution in [-0.2, 0) is 14.3 Å². The van der Waals surface area contributed by atoms with E-state index in [0.29, 0.717) is 41.8 Å². The number of carbonyl (C=O) groups is 1. The highest BCUT2D eigenvalue weighted by Gasteiger charge is 2.68. The molecule has 6 rings (SSSR count). The first-order valence-corrected chi connectivity index (χ1v) is 12.9. The van der Waals surface area contributed by atoms with Crippen molar-refractivity contribution in [2.75, 3.05) is 6.61 Å². The molecule has 0 amide bonds. The first kappa shape index (κ1) is 20.9. The Labute approximate surface area is 187 Å². The molecule has 0 aromatic rings. The van der Waals surface area contributed by atoms with Crippen LogP contribution in [0.1, 0.15) is 85.5 Å². The molecule has 1 N–H and O–H groups in total. The van der Waals surface area contributed by atoms with Crippen LogP contribution < -0.4 is 0 Å². The predicted molar refractivity (Wildman–Crippen MR) is 118 cm³/mol. The highest BCUT2D eigenvalue weighted by Crippen LogP contribution is 2.68. The Morgan fingerprint density at radius 1 is 1.06 bits per heavy atom. The summed E-state index contributed by atoms with van der Waals surface area (Å²) in [5.74, 6) is 2.27. The van der Waals surface area contributed by atoms with Crippen LogP contribution in [0.3, 0.4) is 0 Å². The molecule has 6 aliphatic rings. The number of Topliss-reactive ketones (excluding diaryl/α,β-unsaturated/α-hetero) is 1. The summed E-state index contributed by atoms with van der Waals surface area (Å²) >= 11 is 0. The van der Waals surface area contributed by atoms with Crippen LogP contribution in [0.25, 0.3) is 0 Å². The smallest absolute Gasteiger partial charge is 0.171 e. The number of ether oxygens (including phenoxy) is 2. The van der Waals surface area contributed by atoms with Gasteiger partial charge in [0.25, 0.3) is 0 Å². The maximum Gasteiger partial charge on any atom is 0.171 e. The number of aliphatic hydroxyl groups excluding tert-OH is 1. The minimum absolute atomic E-state index is 0.00665. The Morgan fingerprint density at radius 3 is 2.61 bits per heavy atom. The number of aliphatic hydroxyl groups is 1. The average Bonchev–Trinajstić information content (AvgIpc) is 3.15. The summed E-state index contributed by atoms with van der Waals surface area (Å²) in [4.78, 5) is 13.8. The number of fused-ring (bicyclic) bond motifs is 6. The lowest BCUT2D eigenvalue weighted by Crippen LogP contribution is -2.50. The molecule has 172 valence electrons. The summed E-state index contributed by atoms with van der Waals surface area (Å²) in [6.45, 7) is 10.1. The van der Waals surface area contributed by atoms with Gasteiger partial charge >= 0.3 is 0 Å². The highest BCUT2D eigenvalue weighted by atomic mass is 16.7. The number of allylic oxidation sites excluding steroid dienone is 2. The zero-order valence-electron chi connectivity index (χ0n) is 19.8. The summed E-state index contributed by atoms with van der Waals surface area (Å²) in [6.07, 6.45) is 8.76. The number of carbonyl (C=O) groups excluding carboxylic acids is 1. The Kier molecular flexibility index (Phi) is 4.49. The summed E-state index contributed by atoms with van der Waals surface area (Å²) in [5, 5.41) is 10.3. The van der Waals surface area contributed by atoms with Crippen molar-refractivity contribution in [2.45, 2.75) is 103 Å². The van der Waals surface area contributed by atoms with E-state index in [1.807, 2.05) is 0 Å². The first-order chi connectivity index (χ1) is 14.7. The van der Waals surface area contributed by atoms with Gasteiger partial charge < -0.3 is 14.6 Å². The van der Waals surface area contributed by atoms with E-state index in [0.717, 1.165) is 51.6 Å². The van der Waals surface area contributed by atoms with Gasteiger partial charge in [-0.15, -0.1) is 0 Å². The summed E-state index contributed by atoms with van der Waals surface area (Å²) in [6, 6.07) is 0. The maximum absolute atomic E-state index is 13.8. The molecule has 2 aliphatic heterocycles. The minimum Gasteiger partial charge on any atom is -0.393 e. The molecule has 10 atom stereocenters. The summed E-state index contributed by atoms with van der Waals surface area (Å²) in [5.41, 5.74) is 2.63. The van der Waals surface area contributed by atoms with Gasteiger partial charge in [0.15, 0.2) is 11.6 Å². The van der Waals surface area contributed by atoms with Crippen LogP contribution in [0.5, 0.6) is 0 Å². The van der Waals surface area contributed by atoms with Crippen molar-refractivity contribution >= 4 is 5.78 Å². The lowest BCUT2D eigenvalue weighted by atomic mass is 9.50. The van der Waals surface area contributed by atoms with Gasteiger partial charge in [-0.25, -0.2) is 0 Å². The average molecular weight is 429 g/mol. The predicted octanol–water partition coefficient (Wildman–Crippen LogP) is 5.04. The van der Waals surface area contributed by atoms with Gasteiger partial charge in [0.2, 0.25) is 0 Å². The van der Waals surface area contributed by atoms with E-state index in [2.05, 4.69) is 27.7 Å². The maximum atomic E-state index is 13.8. The fraction of sp³-hybridized carbons (Fsp3) is 0.889. The van der Waals surface area contributed by atoms with Gasteiger partial charge in [0.1, 0.15) is 0 Å². The molecule has 2 saturated carbocycles. The molecule has 2 heterocycles. The van der Waals surface area contributed by atoms with Crippen LogP contribution in [0.2, 0.25) is 0 Å². The zero-order chi connectivity index (χ0) is 21.8. The second-order valence-electron chi connectivity index (χ2n) is 12.6. The third-order valence-electron chi connectivity index (χ3n) is 11.0. The molecule has 4 heteroatoms. The molecule has 0 radical (unpaired) electrons. The van der Waals surface area contributed by atoms with Crippen molar-refractivity contribution in [3.8, 4) is 0 Å². The van der Waals surface area contributed by atoms with E-state index in [-0.39, 0.29) is 23.0 Å².